The van der Waals surface area contributed by atoms with Gasteiger partial charge in [0.25, 0.3) is 5.91 Å². The minimum atomic E-state index is -0.953. The Kier molecular flexibility index (Phi) is 5.69. The minimum Gasteiger partial charge on any atom is -0.472 e. The van der Waals surface area contributed by atoms with Gasteiger partial charge in [0.2, 0.25) is 0 Å². The third-order valence-corrected chi connectivity index (χ3v) is 3.76. The van der Waals surface area contributed by atoms with Crippen molar-refractivity contribution in [3.63, 3.8) is 0 Å². The minimum absolute atomic E-state index is 0.249. The second-order valence-electron chi connectivity index (χ2n) is 4.96. The monoisotopic (exact) mass is 355 g/mol. The van der Waals surface area contributed by atoms with E-state index in [-0.39, 0.29) is 11.6 Å². The van der Waals surface area contributed by atoms with Gasteiger partial charge in [0.15, 0.2) is 6.10 Å². The quantitative estimate of drug-likeness (QED) is 0.822. The maximum absolute atomic E-state index is 12.1. The summed E-state index contributed by atoms with van der Waals surface area (Å²) in [4.78, 5) is 23.9. The first-order valence-corrected chi connectivity index (χ1v) is 7.62. The number of ether oxygens (including phenoxy) is 1. The van der Waals surface area contributed by atoms with Crippen molar-refractivity contribution in [1.29, 1.82) is 0 Å². The van der Waals surface area contributed by atoms with Crippen molar-refractivity contribution in [2.24, 2.45) is 0 Å². The molecule has 5 nitrogen and oxygen atoms in total. The molecule has 0 spiro atoms. The summed E-state index contributed by atoms with van der Waals surface area (Å²) in [6, 6.07) is 6.13. The van der Waals surface area contributed by atoms with E-state index in [1.165, 1.54) is 25.5 Å². The number of esters is 1. The summed E-state index contributed by atoms with van der Waals surface area (Å²) in [7, 11) is 0. The van der Waals surface area contributed by atoms with Crippen LogP contribution in [-0.2, 0) is 9.53 Å². The van der Waals surface area contributed by atoms with Crippen LogP contribution in [0, 0.1) is 0 Å². The number of halogens is 2. The summed E-state index contributed by atoms with van der Waals surface area (Å²) in [5.41, 5.74) is 0.969. The smallest absolute Gasteiger partial charge is 0.342 e. The number of furan rings is 1. The van der Waals surface area contributed by atoms with Gasteiger partial charge in [-0.25, -0.2) is 4.79 Å². The Labute approximate surface area is 143 Å². The zero-order valence-corrected chi connectivity index (χ0v) is 14.0. The lowest BCUT2D eigenvalue weighted by atomic mass is 10.1. The molecule has 0 aliphatic heterocycles. The number of nitrogens with one attached hydrogen (secondary N) is 1. The van der Waals surface area contributed by atoms with Gasteiger partial charge in [-0.05, 0) is 37.6 Å². The highest BCUT2D eigenvalue weighted by Gasteiger charge is 2.22. The fraction of sp³-hybridized carbons (Fsp3) is 0.250. The zero-order chi connectivity index (χ0) is 17.0. The van der Waals surface area contributed by atoms with E-state index < -0.39 is 18.0 Å². The molecule has 122 valence electrons. The summed E-state index contributed by atoms with van der Waals surface area (Å²) in [5, 5.41) is 3.71. The molecule has 0 aliphatic rings. The molecule has 1 heterocycles. The average molecular weight is 356 g/mol. The van der Waals surface area contributed by atoms with Gasteiger partial charge in [0.05, 0.1) is 17.9 Å². The molecule has 1 aromatic heterocycles. The molecule has 2 unspecified atom stereocenters. The first kappa shape index (κ1) is 17.4. The molecule has 2 aromatic rings. The van der Waals surface area contributed by atoms with E-state index in [0.29, 0.717) is 10.0 Å². The summed E-state index contributed by atoms with van der Waals surface area (Å²) in [6.45, 7) is 3.27. The number of rotatable bonds is 5. The highest BCUT2D eigenvalue weighted by Crippen LogP contribution is 2.26. The van der Waals surface area contributed by atoms with Crippen LogP contribution in [0.15, 0.2) is 41.2 Å². The van der Waals surface area contributed by atoms with Crippen LogP contribution < -0.4 is 5.32 Å². The van der Waals surface area contributed by atoms with Crippen molar-refractivity contribution in [2.45, 2.75) is 26.0 Å². The van der Waals surface area contributed by atoms with Crippen molar-refractivity contribution in [3.05, 3.63) is 58.0 Å². The second-order valence-corrected chi connectivity index (χ2v) is 5.80. The molecule has 1 aromatic carbocycles. The largest absolute Gasteiger partial charge is 0.472 e. The number of hydrogen-bond acceptors (Lipinski definition) is 4. The van der Waals surface area contributed by atoms with Crippen LogP contribution in [0.5, 0.6) is 0 Å². The Morgan fingerprint density at radius 3 is 2.57 bits per heavy atom. The summed E-state index contributed by atoms with van der Waals surface area (Å²) in [6.07, 6.45) is 1.65. The molecular formula is C16H15Cl2NO4. The summed E-state index contributed by atoms with van der Waals surface area (Å²) >= 11 is 12.0. The first-order valence-electron chi connectivity index (χ1n) is 6.87. The molecule has 1 amide bonds. The van der Waals surface area contributed by atoms with Crippen molar-refractivity contribution in [1.82, 2.24) is 5.32 Å². The van der Waals surface area contributed by atoms with Crippen LogP contribution in [0.3, 0.4) is 0 Å². The number of amides is 1. The van der Waals surface area contributed by atoms with Crippen LogP contribution in [-0.4, -0.2) is 18.0 Å². The molecular weight excluding hydrogens is 341 g/mol. The highest BCUT2D eigenvalue weighted by atomic mass is 35.5. The van der Waals surface area contributed by atoms with Gasteiger partial charge < -0.3 is 14.5 Å². The van der Waals surface area contributed by atoms with Crippen molar-refractivity contribution in [2.75, 3.05) is 0 Å². The third-order valence-electron chi connectivity index (χ3n) is 3.20. The normalized spacial score (nSPS) is 13.2. The van der Waals surface area contributed by atoms with E-state index in [9.17, 15) is 9.59 Å². The Morgan fingerprint density at radius 1 is 1.22 bits per heavy atom. The first-order chi connectivity index (χ1) is 10.9. The lowest BCUT2D eigenvalue weighted by Gasteiger charge is -2.19. The van der Waals surface area contributed by atoms with Crippen molar-refractivity contribution >= 4 is 35.1 Å². The molecule has 2 rings (SSSR count). The van der Waals surface area contributed by atoms with Gasteiger partial charge in [-0.3, -0.25) is 4.79 Å². The Bertz CT molecular complexity index is 700. The van der Waals surface area contributed by atoms with E-state index in [2.05, 4.69) is 5.32 Å². The molecule has 0 radical (unpaired) electrons. The highest BCUT2D eigenvalue weighted by molar-refractivity contribution is 6.35. The van der Waals surface area contributed by atoms with Crippen molar-refractivity contribution in [3.8, 4) is 0 Å². The van der Waals surface area contributed by atoms with E-state index in [4.69, 9.17) is 32.4 Å². The van der Waals surface area contributed by atoms with Gasteiger partial charge in [0.1, 0.15) is 6.26 Å². The van der Waals surface area contributed by atoms with Gasteiger partial charge in [-0.15, -0.1) is 0 Å². The number of carbonyl (C=O) groups is 2. The fourth-order valence-corrected chi connectivity index (χ4v) is 2.50. The van der Waals surface area contributed by atoms with Crippen LogP contribution >= 0.6 is 23.2 Å². The van der Waals surface area contributed by atoms with Crippen LogP contribution in [0.1, 0.15) is 35.8 Å². The SMILES string of the molecule is CC(OC(=O)c1ccoc1)C(=O)NC(C)c1ccc(Cl)cc1Cl. The maximum Gasteiger partial charge on any atom is 0.342 e. The van der Waals surface area contributed by atoms with Gasteiger partial charge in [-0.1, -0.05) is 29.3 Å². The van der Waals surface area contributed by atoms with Gasteiger partial charge in [0, 0.05) is 10.0 Å². The maximum atomic E-state index is 12.1. The number of carbonyl (C=O) groups excluding carboxylic acids is 2. The molecule has 0 saturated carbocycles. The van der Waals surface area contributed by atoms with Gasteiger partial charge in [-0.2, -0.15) is 0 Å². The molecule has 0 saturated heterocycles. The Hall–Kier alpha value is -1.98. The standard InChI is InChI=1S/C16H15Cl2NO4/c1-9(13-4-3-12(17)7-14(13)18)19-15(20)10(2)23-16(21)11-5-6-22-8-11/h3-10H,1-2H3,(H,19,20). The lowest BCUT2D eigenvalue weighted by molar-refractivity contribution is -0.129. The third kappa shape index (κ3) is 4.50. The second kappa shape index (κ2) is 7.53. The Morgan fingerprint density at radius 2 is 1.96 bits per heavy atom. The molecule has 1 N–H and O–H groups in total. The molecule has 2 atom stereocenters. The van der Waals surface area contributed by atoms with E-state index in [0.717, 1.165) is 5.56 Å². The fourth-order valence-electron chi connectivity index (χ4n) is 1.92. The van der Waals surface area contributed by atoms with Crippen LogP contribution in [0.25, 0.3) is 0 Å². The molecule has 7 heteroatoms. The predicted octanol–water partition coefficient (Wildman–Crippen LogP) is 4.01. The molecule has 0 aliphatic carbocycles. The Balaban J connectivity index is 1.96. The molecule has 23 heavy (non-hydrogen) atoms. The van der Waals surface area contributed by atoms with E-state index in [1.807, 2.05) is 0 Å². The zero-order valence-electron chi connectivity index (χ0n) is 12.5. The number of hydrogen-bond donors (Lipinski definition) is 1. The van der Waals surface area contributed by atoms with E-state index >= 15 is 0 Å². The molecule has 0 fully saturated rings. The van der Waals surface area contributed by atoms with E-state index in [1.54, 1.807) is 25.1 Å². The summed E-state index contributed by atoms with van der Waals surface area (Å²) < 4.78 is 9.87. The average Bonchev–Trinajstić information content (AvgIpc) is 3.01. The lowest BCUT2D eigenvalue weighted by Crippen LogP contribution is -2.37. The topological polar surface area (TPSA) is 68.5 Å². The van der Waals surface area contributed by atoms with Crippen molar-refractivity contribution < 1.29 is 18.7 Å². The van der Waals surface area contributed by atoms with Gasteiger partial charge >= 0.3 is 5.97 Å². The molecule has 0 bridgehead atoms. The predicted molar refractivity (Wildman–Crippen MR) is 86.6 cm³/mol. The van der Waals surface area contributed by atoms with Crippen LogP contribution in [0.4, 0.5) is 0 Å². The number of benzene rings is 1. The van der Waals surface area contributed by atoms with Crippen LogP contribution in [0.2, 0.25) is 10.0 Å². The summed E-state index contributed by atoms with van der Waals surface area (Å²) in [5.74, 6) is -1.06.